The van der Waals surface area contributed by atoms with E-state index in [9.17, 15) is 14.7 Å². The molecule has 0 spiro atoms. The van der Waals surface area contributed by atoms with Gasteiger partial charge in [-0.15, -0.1) is 0 Å². The number of benzene rings is 1. The highest BCUT2D eigenvalue weighted by molar-refractivity contribution is 5.85. The Morgan fingerprint density at radius 2 is 1.79 bits per heavy atom. The molecule has 24 heavy (non-hydrogen) atoms. The predicted octanol–water partition coefficient (Wildman–Crippen LogP) is 0.732. The fraction of sp³-hybridized carbons (Fsp3) is 0.556. The summed E-state index contributed by atoms with van der Waals surface area (Å²) in [6.45, 7) is 0.326. The number of carbonyl (C=O) groups is 2. The molecule has 0 saturated heterocycles. The molecule has 6 heteroatoms. The molecule has 2 aliphatic rings. The van der Waals surface area contributed by atoms with Gasteiger partial charge in [0, 0.05) is 24.3 Å². The smallest absolute Gasteiger partial charge is 0.224 e. The van der Waals surface area contributed by atoms with Crippen molar-refractivity contribution in [2.75, 3.05) is 14.2 Å². The van der Waals surface area contributed by atoms with E-state index in [0.717, 1.165) is 24.8 Å². The van der Waals surface area contributed by atoms with E-state index < -0.39 is 17.8 Å². The van der Waals surface area contributed by atoms with Gasteiger partial charge in [0.15, 0.2) is 11.5 Å². The molecule has 2 saturated carbocycles. The van der Waals surface area contributed by atoms with Crippen LogP contribution in [0.1, 0.15) is 24.8 Å². The number of hydrogen-bond donors (Lipinski definition) is 1. The van der Waals surface area contributed by atoms with E-state index in [4.69, 9.17) is 9.47 Å². The van der Waals surface area contributed by atoms with Gasteiger partial charge in [-0.25, -0.2) is 0 Å². The molecule has 3 rings (SSSR count). The summed E-state index contributed by atoms with van der Waals surface area (Å²) in [5.74, 6) is -0.905. The summed E-state index contributed by atoms with van der Waals surface area (Å²) in [4.78, 5) is 24.0. The van der Waals surface area contributed by atoms with Gasteiger partial charge in [0.1, 0.15) is 0 Å². The average molecular weight is 332 g/mol. The number of fused-ring (bicyclic) bond motifs is 2. The fourth-order valence-corrected chi connectivity index (χ4v) is 4.31. The molecule has 1 N–H and O–H groups in total. The zero-order chi connectivity index (χ0) is 17.3. The lowest BCUT2D eigenvalue weighted by Crippen LogP contribution is -2.45. The molecule has 2 aliphatic carbocycles. The van der Waals surface area contributed by atoms with Crippen molar-refractivity contribution >= 4 is 11.9 Å². The molecule has 1 aromatic rings. The number of carboxylic acid groups (broad SMARTS) is 1. The molecule has 6 nitrogen and oxygen atoms in total. The van der Waals surface area contributed by atoms with Crippen LogP contribution in [0.15, 0.2) is 18.2 Å². The summed E-state index contributed by atoms with van der Waals surface area (Å²) in [6, 6.07) is 5.43. The normalized spacial score (nSPS) is 27.8. The van der Waals surface area contributed by atoms with E-state index in [0.29, 0.717) is 18.0 Å². The van der Waals surface area contributed by atoms with Crippen LogP contribution in [0.3, 0.4) is 0 Å². The number of rotatable bonds is 6. The van der Waals surface area contributed by atoms with Gasteiger partial charge in [-0.2, -0.15) is 0 Å². The van der Waals surface area contributed by atoms with E-state index >= 15 is 0 Å². The number of nitrogens with one attached hydrogen (secondary N) is 1. The highest BCUT2D eigenvalue weighted by Gasteiger charge is 2.51. The van der Waals surface area contributed by atoms with Crippen molar-refractivity contribution < 1.29 is 24.2 Å². The third-order valence-corrected chi connectivity index (χ3v) is 5.41. The lowest BCUT2D eigenvalue weighted by molar-refractivity contribution is -0.314. The van der Waals surface area contributed by atoms with Gasteiger partial charge in [-0.1, -0.05) is 6.07 Å². The summed E-state index contributed by atoms with van der Waals surface area (Å²) < 4.78 is 10.4. The Hall–Kier alpha value is -2.24. The Balaban J connectivity index is 1.66. The summed E-state index contributed by atoms with van der Waals surface area (Å²) in [6.07, 6.45) is 2.65. The van der Waals surface area contributed by atoms with Crippen LogP contribution in [0.2, 0.25) is 0 Å². The Morgan fingerprint density at radius 1 is 1.12 bits per heavy atom. The molecule has 1 amide bonds. The number of ether oxygens (including phenoxy) is 2. The monoisotopic (exact) mass is 332 g/mol. The third kappa shape index (κ3) is 2.92. The van der Waals surface area contributed by atoms with Crippen molar-refractivity contribution in [3.8, 4) is 11.5 Å². The quantitative estimate of drug-likeness (QED) is 0.830. The molecule has 4 atom stereocenters. The first kappa shape index (κ1) is 16.6. The maximum absolute atomic E-state index is 12.5. The van der Waals surface area contributed by atoms with Crippen LogP contribution in [0.25, 0.3) is 0 Å². The first-order chi connectivity index (χ1) is 11.5. The Labute approximate surface area is 141 Å². The number of amides is 1. The Bertz CT molecular complexity index is 644. The SMILES string of the molecule is COc1ccc(CNC(=O)[C@@H]2[C@H]3CC[C@@H](C3)[C@@H]2C(=O)[O-])cc1OC. The maximum Gasteiger partial charge on any atom is 0.224 e. The first-order valence-corrected chi connectivity index (χ1v) is 8.24. The second-order valence-electron chi connectivity index (χ2n) is 6.61. The highest BCUT2D eigenvalue weighted by Crippen LogP contribution is 2.52. The zero-order valence-corrected chi connectivity index (χ0v) is 13.9. The van der Waals surface area contributed by atoms with Crippen molar-refractivity contribution in [2.24, 2.45) is 23.7 Å². The van der Waals surface area contributed by atoms with Crippen molar-refractivity contribution in [1.29, 1.82) is 0 Å². The molecule has 1 aromatic carbocycles. The first-order valence-electron chi connectivity index (χ1n) is 8.24. The second-order valence-corrected chi connectivity index (χ2v) is 6.61. The molecule has 0 heterocycles. The highest BCUT2D eigenvalue weighted by atomic mass is 16.5. The lowest BCUT2D eigenvalue weighted by atomic mass is 9.78. The van der Waals surface area contributed by atoms with E-state index in [1.165, 1.54) is 0 Å². The van der Waals surface area contributed by atoms with Gasteiger partial charge in [-0.05, 0) is 48.8 Å². The van der Waals surface area contributed by atoms with E-state index in [-0.39, 0.29) is 17.7 Å². The van der Waals surface area contributed by atoms with Gasteiger partial charge in [-0.3, -0.25) is 4.79 Å². The minimum Gasteiger partial charge on any atom is -0.550 e. The van der Waals surface area contributed by atoms with E-state index in [1.54, 1.807) is 26.4 Å². The van der Waals surface area contributed by atoms with E-state index in [1.807, 2.05) is 6.07 Å². The predicted molar refractivity (Wildman–Crippen MR) is 84.2 cm³/mol. The van der Waals surface area contributed by atoms with Crippen LogP contribution in [0.4, 0.5) is 0 Å². The van der Waals surface area contributed by atoms with Crippen molar-refractivity contribution in [1.82, 2.24) is 5.32 Å². The summed E-state index contributed by atoms with van der Waals surface area (Å²) in [5.41, 5.74) is 0.870. The summed E-state index contributed by atoms with van der Waals surface area (Å²) in [5, 5.41) is 14.3. The molecule has 130 valence electrons. The molecular formula is C18H22NO5-. The van der Waals surface area contributed by atoms with E-state index in [2.05, 4.69) is 5.32 Å². The van der Waals surface area contributed by atoms with Gasteiger partial charge < -0.3 is 24.7 Å². The van der Waals surface area contributed by atoms with Gasteiger partial charge >= 0.3 is 0 Å². The number of methoxy groups -OCH3 is 2. The van der Waals surface area contributed by atoms with Gasteiger partial charge in [0.05, 0.1) is 14.2 Å². The molecular weight excluding hydrogens is 310 g/mol. The topological polar surface area (TPSA) is 87.7 Å². The van der Waals surface area contributed by atoms with Crippen LogP contribution < -0.4 is 19.9 Å². The number of aliphatic carboxylic acids is 1. The van der Waals surface area contributed by atoms with Crippen molar-refractivity contribution in [3.63, 3.8) is 0 Å². The fourth-order valence-electron chi connectivity index (χ4n) is 4.31. The van der Waals surface area contributed by atoms with Crippen LogP contribution in [-0.4, -0.2) is 26.1 Å². The number of hydrogen-bond acceptors (Lipinski definition) is 5. The molecule has 0 aromatic heterocycles. The number of carboxylic acids is 1. The molecule has 0 aliphatic heterocycles. The lowest BCUT2D eigenvalue weighted by Gasteiger charge is -2.30. The molecule has 2 fully saturated rings. The van der Waals surface area contributed by atoms with Gasteiger partial charge in [0.25, 0.3) is 0 Å². The van der Waals surface area contributed by atoms with Crippen molar-refractivity contribution in [2.45, 2.75) is 25.8 Å². The second kappa shape index (κ2) is 6.71. The summed E-state index contributed by atoms with van der Waals surface area (Å²) >= 11 is 0. The Morgan fingerprint density at radius 3 is 2.42 bits per heavy atom. The molecule has 2 bridgehead atoms. The average Bonchev–Trinajstić information content (AvgIpc) is 3.20. The van der Waals surface area contributed by atoms with Crippen LogP contribution >= 0.6 is 0 Å². The standard InChI is InChI=1S/C18H23NO5/c1-23-13-6-3-10(7-14(13)24-2)9-19-17(20)15-11-4-5-12(8-11)16(15)18(21)22/h3,6-7,11-12,15-16H,4-5,8-9H2,1-2H3,(H,19,20)(H,21,22)/p-1/t11-,12-,15+,16-/m0/s1. The zero-order valence-electron chi connectivity index (χ0n) is 13.9. The number of carbonyl (C=O) groups excluding carboxylic acids is 2. The van der Waals surface area contributed by atoms with Crippen molar-refractivity contribution in [3.05, 3.63) is 23.8 Å². The van der Waals surface area contributed by atoms with Crippen LogP contribution in [0, 0.1) is 23.7 Å². The van der Waals surface area contributed by atoms with Crippen LogP contribution in [-0.2, 0) is 16.1 Å². The largest absolute Gasteiger partial charge is 0.550 e. The van der Waals surface area contributed by atoms with Crippen LogP contribution in [0.5, 0.6) is 11.5 Å². The maximum atomic E-state index is 12.5. The minimum absolute atomic E-state index is 0.0943. The molecule has 0 radical (unpaired) electrons. The Kier molecular flexibility index (Phi) is 4.64. The molecule has 0 unspecified atom stereocenters. The van der Waals surface area contributed by atoms with Gasteiger partial charge in [0.2, 0.25) is 5.91 Å². The third-order valence-electron chi connectivity index (χ3n) is 5.41. The minimum atomic E-state index is -1.09. The summed E-state index contributed by atoms with van der Waals surface area (Å²) in [7, 11) is 3.12.